The highest BCUT2D eigenvalue weighted by Crippen LogP contribution is 2.18. The van der Waals surface area contributed by atoms with Crippen molar-refractivity contribution in [3.8, 4) is 5.75 Å². The second-order valence-corrected chi connectivity index (χ2v) is 4.67. The zero-order valence-corrected chi connectivity index (χ0v) is 12.1. The number of benzene rings is 2. The van der Waals surface area contributed by atoms with Gasteiger partial charge in [-0.25, -0.2) is 0 Å². The summed E-state index contributed by atoms with van der Waals surface area (Å²) in [6.07, 6.45) is 3.23. The van der Waals surface area contributed by atoms with Gasteiger partial charge in [-0.15, -0.1) is 0 Å². The number of hydrogen-bond donors (Lipinski definition) is 2. The van der Waals surface area contributed by atoms with E-state index in [0.717, 1.165) is 22.6 Å². The Morgan fingerprint density at radius 2 is 2.05 bits per heavy atom. The Morgan fingerprint density at radius 1 is 1.24 bits per heavy atom. The molecule has 108 valence electrons. The average molecular weight is 282 g/mol. The van der Waals surface area contributed by atoms with E-state index < -0.39 is 0 Å². The van der Waals surface area contributed by atoms with Crippen LogP contribution in [0.15, 0.2) is 48.5 Å². The van der Waals surface area contributed by atoms with Crippen molar-refractivity contribution in [3.05, 3.63) is 59.7 Å². The maximum atomic E-state index is 11.9. The number of methoxy groups -OCH3 is 1. The first-order valence-electron chi connectivity index (χ1n) is 6.58. The van der Waals surface area contributed by atoms with Gasteiger partial charge in [0.1, 0.15) is 5.75 Å². The fourth-order valence-corrected chi connectivity index (χ4v) is 1.92. The number of rotatable bonds is 4. The first-order valence-corrected chi connectivity index (χ1v) is 6.58. The summed E-state index contributed by atoms with van der Waals surface area (Å²) < 4.78 is 5.14. The van der Waals surface area contributed by atoms with Crippen molar-refractivity contribution in [1.29, 1.82) is 0 Å². The predicted molar refractivity (Wildman–Crippen MR) is 86.2 cm³/mol. The zero-order chi connectivity index (χ0) is 15.2. The molecule has 0 saturated heterocycles. The van der Waals surface area contributed by atoms with Crippen molar-refractivity contribution in [1.82, 2.24) is 0 Å². The molecule has 0 aromatic heterocycles. The molecule has 4 heteroatoms. The van der Waals surface area contributed by atoms with Gasteiger partial charge < -0.3 is 15.8 Å². The molecule has 4 nitrogen and oxygen atoms in total. The van der Waals surface area contributed by atoms with Crippen LogP contribution in [0.3, 0.4) is 0 Å². The van der Waals surface area contributed by atoms with Crippen molar-refractivity contribution in [2.24, 2.45) is 0 Å². The molecule has 0 bridgehead atoms. The van der Waals surface area contributed by atoms with Gasteiger partial charge in [-0.3, -0.25) is 4.79 Å². The van der Waals surface area contributed by atoms with E-state index in [2.05, 4.69) is 5.32 Å². The second kappa shape index (κ2) is 6.61. The molecule has 0 atom stereocenters. The summed E-state index contributed by atoms with van der Waals surface area (Å²) in [7, 11) is 1.61. The molecular weight excluding hydrogens is 264 g/mol. The number of nitrogens with two attached hydrogens (primary N) is 1. The summed E-state index contributed by atoms with van der Waals surface area (Å²) in [6, 6.07) is 12.9. The van der Waals surface area contributed by atoms with Gasteiger partial charge in [-0.2, -0.15) is 0 Å². The minimum atomic E-state index is -0.189. The molecule has 2 aromatic rings. The third kappa shape index (κ3) is 4.11. The Labute approximate surface area is 124 Å². The van der Waals surface area contributed by atoms with E-state index in [9.17, 15) is 4.79 Å². The maximum Gasteiger partial charge on any atom is 0.248 e. The molecule has 0 saturated carbocycles. The van der Waals surface area contributed by atoms with Crippen LogP contribution >= 0.6 is 0 Å². The lowest BCUT2D eigenvalue weighted by atomic mass is 10.1. The number of anilines is 2. The minimum Gasteiger partial charge on any atom is -0.497 e. The third-order valence-corrected chi connectivity index (χ3v) is 3.03. The number of nitrogens with one attached hydrogen (secondary N) is 1. The lowest BCUT2D eigenvalue weighted by molar-refractivity contribution is -0.111. The van der Waals surface area contributed by atoms with Crippen molar-refractivity contribution in [2.75, 3.05) is 18.2 Å². The first-order chi connectivity index (χ1) is 10.1. The van der Waals surface area contributed by atoms with Gasteiger partial charge in [-0.1, -0.05) is 12.1 Å². The summed E-state index contributed by atoms with van der Waals surface area (Å²) in [6.45, 7) is 1.90. The van der Waals surface area contributed by atoms with Gasteiger partial charge in [-0.05, 0) is 54.5 Å². The minimum absolute atomic E-state index is 0.189. The fraction of sp³-hybridized carbons (Fsp3) is 0.118. The van der Waals surface area contributed by atoms with Gasteiger partial charge in [0.15, 0.2) is 0 Å². The molecule has 0 spiro atoms. The fourth-order valence-electron chi connectivity index (χ4n) is 1.92. The molecule has 0 aliphatic heterocycles. The predicted octanol–water partition coefficient (Wildman–Crippen LogP) is 3.24. The molecular formula is C17H18N2O2. The Morgan fingerprint density at radius 3 is 2.76 bits per heavy atom. The Kier molecular flexibility index (Phi) is 4.61. The van der Waals surface area contributed by atoms with Crippen LogP contribution in [0.2, 0.25) is 0 Å². The van der Waals surface area contributed by atoms with Gasteiger partial charge in [0.05, 0.1) is 7.11 Å². The van der Waals surface area contributed by atoms with Gasteiger partial charge >= 0.3 is 0 Å². The molecule has 1 amide bonds. The van der Waals surface area contributed by atoms with E-state index in [1.807, 2.05) is 37.3 Å². The van der Waals surface area contributed by atoms with Gasteiger partial charge in [0.2, 0.25) is 5.91 Å². The highest BCUT2D eigenvalue weighted by Gasteiger charge is 2.02. The third-order valence-electron chi connectivity index (χ3n) is 3.03. The first kappa shape index (κ1) is 14.7. The van der Waals surface area contributed by atoms with Crippen LogP contribution in [0.25, 0.3) is 6.08 Å². The number of aryl methyl sites for hydroxylation is 1. The number of carbonyl (C=O) groups is 1. The largest absolute Gasteiger partial charge is 0.497 e. The van der Waals surface area contributed by atoms with Crippen LogP contribution in [-0.4, -0.2) is 13.0 Å². The van der Waals surface area contributed by atoms with Crippen molar-refractivity contribution < 1.29 is 9.53 Å². The number of hydrogen-bond acceptors (Lipinski definition) is 3. The van der Waals surface area contributed by atoms with E-state index in [1.54, 1.807) is 25.3 Å². The highest BCUT2D eigenvalue weighted by atomic mass is 16.5. The van der Waals surface area contributed by atoms with Crippen LogP contribution in [0.1, 0.15) is 11.1 Å². The Hall–Kier alpha value is -2.75. The molecule has 2 aromatic carbocycles. The van der Waals surface area contributed by atoms with Crippen LogP contribution in [0.4, 0.5) is 11.4 Å². The molecule has 0 unspecified atom stereocenters. The summed E-state index contributed by atoms with van der Waals surface area (Å²) >= 11 is 0. The lowest BCUT2D eigenvalue weighted by Crippen LogP contribution is -2.09. The number of amides is 1. The van der Waals surface area contributed by atoms with E-state index in [1.165, 1.54) is 6.08 Å². The Balaban J connectivity index is 2.05. The monoisotopic (exact) mass is 282 g/mol. The topological polar surface area (TPSA) is 64.3 Å². The van der Waals surface area contributed by atoms with E-state index in [-0.39, 0.29) is 5.91 Å². The van der Waals surface area contributed by atoms with Crippen LogP contribution < -0.4 is 15.8 Å². The summed E-state index contributed by atoms with van der Waals surface area (Å²) in [5, 5.41) is 2.82. The smallest absolute Gasteiger partial charge is 0.248 e. The summed E-state index contributed by atoms with van der Waals surface area (Å²) in [5.41, 5.74) is 8.94. The van der Waals surface area contributed by atoms with E-state index >= 15 is 0 Å². The van der Waals surface area contributed by atoms with E-state index in [0.29, 0.717) is 5.69 Å². The standard InChI is InChI=1S/C17H18N2O2/c1-12-10-14(18)7-8-16(12)19-17(20)9-6-13-4-3-5-15(11-13)21-2/h3-11H,18H2,1-2H3,(H,19,20)/b9-6+. The van der Waals surface area contributed by atoms with Crippen LogP contribution in [0.5, 0.6) is 5.75 Å². The number of ether oxygens (including phenoxy) is 1. The number of nitrogen functional groups attached to an aromatic ring is 1. The maximum absolute atomic E-state index is 11.9. The molecule has 0 fully saturated rings. The molecule has 0 heterocycles. The van der Waals surface area contributed by atoms with Gasteiger partial charge in [0.25, 0.3) is 0 Å². The normalized spacial score (nSPS) is 10.6. The molecule has 0 aliphatic carbocycles. The van der Waals surface area contributed by atoms with Crippen molar-refractivity contribution >= 4 is 23.4 Å². The highest BCUT2D eigenvalue weighted by molar-refractivity contribution is 6.02. The molecule has 0 radical (unpaired) electrons. The van der Waals surface area contributed by atoms with E-state index in [4.69, 9.17) is 10.5 Å². The van der Waals surface area contributed by atoms with Crippen LogP contribution in [0, 0.1) is 6.92 Å². The zero-order valence-electron chi connectivity index (χ0n) is 12.1. The van der Waals surface area contributed by atoms with Crippen molar-refractivity contribution in [3.63, 3.8) is 0 Å². The summed E-state index contributed by atoms with van der Waals surface area (Å²) in [4.78, 5) is 11.9. The SMILES string of the molecule is COc1cccc(/C=C/C(=O)Nc2ccc(N)cc2C)c1. The lowest BCUT2D eigenvalue weighted by Gasteiger charge is -2.07. The van der Waals surface area contributed by atoms with Crippen LogP contribution in [-0.2, 0) is 4.79 Å². The van der Waals surface area contributed by atoms with Crippen molar-refractivity contribution in [2.45, 2.75) is 6.92 Å². The molecule has 0 aliphatic rings. The molecule has 2 rings (SSSR count). The molecule has 21 heavy (non-hydrogen) atoms. The summed E-state index contributed by atoms with van der Waals surface area (Å²) in [5.74, 6) is 0.567. The Bertz CT molecular complexity index is 678. The van der Waals surface area contributed by atoms with Gasteiger partial charge in [0, 0.05) is 17.5 Å². The second-order valence-electron chi connectivity index (χ2n) is 4.67. The quantitative estimate of drug-likeness (QED) is 0.668. The molecule has 3 N–H and O–H groups in total. The number of carbonyl (C=O) groups excluding carboxylic acids is 1. The average Bonchev–Trinajstić information content (AvgIpc) is 2.48.